The summed E-state index contributed by atoms with van der Waals surface area (Å²) in [5.74, 6) is -1.16. The Bertz CT molecular complexity index is 264. The van der Waals surface area contributed by atoms with E-state index in [0.29, 0.717) is 5.56 Å². The van der Waals surface area contributed by atoms with Crippen LogP contribution in [0.1, 0.15) is 28.4 Å². The lowest BCUT2D eigenvalue weighted by molar-refractivity contribution is 0.0660. The minimum atomic E-state index is -1.09. The summed E-state index contributed by atoms with van der Waals surface area (Å²) in [6, 6.07) is 1.56. The van der Waals surface area contributed by atoms with Crippen LogP contribution in [0.5, 0.6) is 0 Å². The molecule has 11 heavy (non-hydrogen) atoms. The van der Waals surface area contributed by atoms with E-state index in [1.165, 1.54) is 6.26 Å². The molecule has 0 fully saturated rings. The van der Waals surface area contributed by atoms with E-state index in [4.69, 9.17) is 21.1 Å². The topological polar surface area (TPSA) is 50.4 Å². The summed E-state index contributed by atoms with van der Waals surface area (Å²) in [5, 5.41) is 8.22. The highest BCUT2D eigenvalue weighted by Gasteiger charge is 2.16. The minimum absolute atomic E-state index is 0.0764. The molecular weight excluding hydrogens is 168 g/mol. The van der Waals surface area contributed by atoms with E-state index in [1.54, 1.807) is 13.0 Å². The molecule has 1 heterocycles. The second-order valence-corrected chi connectivity index (χ2v) is 2.78. The molecule has 1 unspecified atom stereocenters. The highest BCUT2D eigenvalue weighted by molar-refractivity contribution is 6.21. The molecule has 1 N–H and O–H groups in total. The van der Waals surface area contributed by atoms with Crippen LogP contribution in [0.4, 0.5) is 0 Å². The van der Waals surface area contributed by atoms with Gasteiger partial charge in [-0.15, -0.1) is 11.6 Å². The van der Waals surface area contributed by atoms with Gasteiger partial charge in [-0.25, -0.2) is 4.79 Å². The average molecular weight is 175 g/mol. The Kier molecular flexibility index (Phi) is 2.19. The van der Waals surface area contributed by atoms with Gasteiger partial charge in [0.1, 0.15) is 0 Å². The molecule has 0 saturated heterocycles. The monoisotopic (exact) mass is 174 g/mol. The number of aromatic carboxylic acids is 1. The van der Waals surface area contributed by atoms with Gasteiger partial charge in [0.15, 0.2) is 0 Å². The first-order valence-electron chi connectivity index (χ1n) is 3.07. The average Bonchev–Trinajstić information content (AvgIpc) is 2.32. The number of carboxylic acids is 1. The van der Waals surface area contributed by atoms with Crippen molar-refractivity contribution >= 4 is 17.6 Å². The molecule has 0 spiro atoms. The van der Waals surface area contributed by atoms with Crippen LogP contribution in [0.25, 0.3) is 0 Å². The quantitative estimate of drug-likeness (QED) is 0.700. The third kappa shape index (κ3) is 1.54. The van der Waals surface area contributed by atoms with E-state index in [9.17, 15) is 4.79 Å². The molecule has 0 aliphatic carbocycles. The third-order valence-electron chi connectivity index (χ3n) is 1.32. The number of hydrogen-bond acceptors (Lipinski definition) is 2. The van der Waals surface area contributed by atoms with Gasteiger partial charge in [0.2, 0.25) is 5.76 Å². The van der Waals surface area contributed by atoms with Gasteiger partial charge in [-0.1, -0.05) is 0 Å². The van der Waals surface area contributed by atoms with Gasteiger partial charge in [-0.2, -0.15) is 0 Å². The van der Waals surface area contributed by atoms with Gasteiger partial charge < -0.3 is 9.52 Å². The Morgan fingerprint density at radius 1 is 1.82 bits per heavy atom. The fourth-order valence-electron chi connectivity index (χ4n) is 0.806. The third-order valence-corrected chi connectivity index (χ3v) is 1.55. The molecule has 1 atom stereocenters. The second kappa shape index (κ2) is 2.96. The van der Waals surface area contributed by atoms with Crippen LogP contribution in [0.2, 0.25) is 0 Å². The van der Waals surface area contributed by atoms with Crippen molar-refractivity contribution in [1.82, 2.24) is 0 Å². The van der Waals surface area contributed by atoms with Gasteiger partial charge in [0.25, 0.3) is 0 Å². The van der Waals surface area contributed by atoms with Gasteiger partial charge >= 0.3 is 5.97 Å². The first-order valence-corrected chi connectivity index (χ1v) is 3.51. The van der Waals surface area contributed by atoms with Crippen LogP contribution in [0, 0.1) is 0 Å². The zero-order valence-electron chi connectivity index (χ0n) is 5.87. The van der Waals surface area contributed by atoms with Crippen molar-refractivity contribution in [2.24, 2.45) is 0 Å². The Morgan fingerprint density at radius 2 is 2.45 bits per heavy atom. The zero-order valence-corrected chi connectivity index (χ0v) is 6.63. The number of alkyl halides is 1. The summed E-state index contributed by atoms with van der Waals surface area (Å²) in [5.41, 5.74) is 0.513. The number of carboxylic acid groups (broad SMARTS) is 1. The molecule has 0 saturated carbocycles. The van der Waals surface area contributed by atoms with Crippen molar-refractivity contribution in [2.45, 2.75) is 12.3 Å². The number of furan rings is 1. The van der Waals surface area contributed by atoms with Crippen LogP contribution in [0.15, 0.2) is 16.7 Å². The molecule has 0 bridgehead atoms. The van der Waals surface area contributed by atoms with Crippen molar-refractivity contribution in [1.29, 1.82) is 0 Å². The smallest absolute Gasteiger partial charge is 0.372 e. The molecule has 1 aromatic heterocycles. The number of halogens is 1. The number of hydrogen-bond donors (Lipinski definition) is 1. The zero-order chi connectivity index (χ0) is 8.43. The lowest BCUT2D eigenvalue weighted by Crippen LogP contribution is -1.98. The van der Waals surface area contributed by atoms with E-state index in [2.05, 4.69) is 0 Å². The van der Waals surface area contributed by atoms with Crippen molar-refractivity contribution in [3.05, 3.63) is 23.7 Å². The summed E-state index contributed by atoms with van der Waals surface area (Å²) >= 11 is 5.67. The Labute approximate surface area is 68.6 Å². The summed E-state index contributed by atoms with van der Waals surface area (Å²) in [4.78, 5) is 10.4. The fourth-order valence-corrected chi connectivity index (χ4v) is 0.978. The Morgan fingerprint density at radius 3 is 2.82 bits per heavy atom. The van der Waals surface area contributed by atoms with Crippen LogP contribution < -0.4 is 0 Å². The first kappa shape index (κ1) is 8.14. The SMILES string of the molecule is CC(Cl)c1ccoc1C(=O)O. The predicted molar refractivity (Wildman–Crippen MR) is 39.9 cm³/mol. The van der Waals surface area contributed by atoms with Crippen LogP contribution in [-0.4, -0.2) is 11.1 Å². The molecule has 1 aromatic rings. The maximum Gasteiger partial charge on any atom is 0.372 e. The fraction of sp³-hybridized carbons (Fsp3) is 0.286. The van der Waals surface area contributed by atoms with Gasteiger partial charge in [0.05, 0.1) is 11.6 Å². The second-order valence-electron chi connectivity index (χ2n) is 2.13. The largest absolute Gasteiger partial charge is 0.475 e. The molecule has 0 aliphatic heterocycles. The van der Waals surface area contributed by atoms with Gasteiger partial charge in [-0.05, 0) is 13.0 Å². The molecule has 0 aliphatic rings. The lowest BCUT2D eigenvalue weighted by Gasteiger charge is -1.98. The lowest BCUT2D eigenvalue weighted by atomic mass is 10.2. The van der Waals surface area contributed by atoms with Gasteiger partial charge in [0, 0.05) is 5.56 Å². The van der Waals surface area contributed by atoms with Crippen molar-refractivity contribution in [3.8, 4) is 0 Å². The standard InChI is InChI=1S/C7H7ClO3/c1-4(8)5-2-3-11-6(5)7(9)10/h2-4H,1H3,(H,9,10). The van der Waals surface area contributed by atoms with Crippen LogP contribution in [-0.2, 0) is 0 Å². The highest BCUT2D eigenvalue weighted by Crippen LogP contribution is 2.23. The predicted octanol–water partition coefficient (Wildman–Crippen LogP) is 2.28. The first-order chi connectivity index (χ1) is 5.13. The van der Waals surface area contributed by atoms with Crippen molar-refractivity contribution < 1.29 is 14.3 Å². The molecule has 4 heteroatoms. The molecular formula is C7H7ClO3. The Hall–Kier alpha value is -0.960. The minimum Gasteiger partial charge on any atom is -0.475 e. The maximum absolute atomic E-state index is 10.4. The van der Waals surface area contributed by atoms with E-state index in [1.807, 2.05) is 0 Å². The molecule has 3 nitrogen and oxygen atoms in total. The normalized spacial score (nSPS) is 12.9. The van der Waals surface area contributed by atoms with Crippen molar-refractivity contribution in [3.63, 3.8) is 0 Å². The highest BCUT2D eigenvalue weighted by atomic mass is 35.5. The molecule has 0 aromatic carbocycles. The molecule has 0 radical (unpaired) electrons. The van der Waals surface area contributed by atoms with E-state index >= 15 is 0 Å². The van der Waals surface area contributed by atoms with E-state index < -0.39 is 5.97 Å². The number of carbonyl (C=O) groups is 1. The van der Waals surface area contributed by atoms with E-state index in [-0.39, 0.29) is 11.1 Å². The van der Waals surface area contributed by atoms with Gasteiger partial charge in [-0.3, -0.25) is 0 Å². The molecule has 0 amide bonds. The summed E-state index contributed by atoms with van der Waals surface area (Å²) in [6.45, 7) is 1.69. The number of rotatable bonds is 2. The Balaban J connectivity index is 3.06. The van der Waals surface area contributed by atoms with E-state index in [0.717, 1.165) is 0 Å². The molecule has 60 valence electrons. The van der Waals surface area contributed by atoms with Crippen molar-refractivity contribution in [2.75, 3.05) is 0 Å². The summed E-state index contributed by atoms with van der Waals surface area (Å²) in [7, 11) is 0. The van der Waals surface area contributed by atoms with Crippen LogP contribution in [0.3, 0.4) is 0 Å². The summed E-state index contributed by atoms with van der Waals surface area (Å²) in [6.07, 6.45) is 1.32. The van der Waals surface area contributed by atoms with Crippen LogP contribution >= 0.6 is 11.6 Å². The maximum atomic E-state index is 10.4. The summed E-state index contributed by atoms with van der Waals surface area (Å²) < 4.78 is 4.70. The molecule has 1 rings (SSSR count).